The molecule has 1 heterocycles. The normalized spacial score (nSPS) is 26.8. The Hall–Kier alpha value is -0.860. The molecule has 2 nitrogen and oxygen atoms in total. The van der Waals surface area contributed by atoms with Gasteiger partial charge in [0.2, 0.25) is 0 Å². The Morgan fingerprint density at radius 3 is 2.45 bits per heavy atom. The van der Waals surface area contributed by atoms with E-state index < -0.39 is 0 Å². The summed E-state index contributed by atoms with van der Waals surface area (Å²) in [6.45, 7) is 3.53. The first-order valence-electron chi connectivity index (χ1n) is 8.35. The molecule has 0 amide bonds. The van der Waals surface area contributed by atoms with E-state index in [1.165, 1.54) is 57.2 Å². The molecule has 1 saturated carbocycles. The molecule has 20 heavy (non-hydrogen) atoms. The molecule has 1 aromatic rings. The van der Waals surface area contributed by atoms with E-state index in [0.29, 0.717) is 6.04 Å². The van der Waals surface area contributed by atoms with Crippen molar-refractivity contribution in [2.45, 2.75) is 51.1 Å². The number of benzene rings is 1. The molecule has 0 spiro atoms. The smallest absolute Gasteiger partial charge is 0.0233 e. The third kappa shape index (κ3) is 3.42. The second kappa shape index (κ2) is 6.73. The molecule has 3 rings (SSSR count). The number of likely N-dealkylation sites (tertiary alicyclic amines) is 1. The molecule has 1 aliphatic heterocycles. The van der Waals surface area contributed by atoms with E-state index in [4.69, 9.17) is 5.73 Å². The molecule has 1 aliphatic carbocycles. The summed E-state index contributed by atoms with van der Waals surface area (Å²) >= 11 is 0. The Morgan fingerprint density at radius 2 is 1.70 bits per heavy atom. The Labute approximate surface area is 123 Å². The quantitative estimate of drug-likeness (QED) is 0.910. The molecule has 2 heteroatoms. The number of hydrogen-bond donors (Lipinski definition) is 1. The van der Waals surface area contributed by atoms with Gasteiger partial charge in [-0.05, 0) is 49.6 Å². The highest BCUT2D eigenvalue weighted by atomic mass is 15.1. The Kier molecular flexibility index (Phi) is 4.74. The summed E-state index contributed by atoms with van der Waals surface area (Å²) in [5, 5.41) is 0. The molecule has 0 radical (unpaired) electrons. The fourth-order valence-electron chi connectivity index (χ4n) is 4.12. The number of piperidine rings is 1. The number of rotatable bonds is 4. The van der Waals surface area contributed by atoms with Gasteiger partial charge in [0.1, 0.15) is 0 Å². The zero-order valence-corrected chi connectivity index (χ0v) is 12.5. The molecule has 2 N–H and O–H groups in total. The van der Waals surface area contributed by atoms with Crippen LogP contribution in [0.25, 0.3) is 0 Å². The minimum Gasteiger partial charge on any atom is -0.327 e. The van der Waals surface area contributed by atoms with Crippen molar-refractivity contribution < 1.29 is 0 Å². The fourth-order valence-corrected chi connectivity index (χ4v) is 4.12. The first-order chi connectivity index (χ1) is 9.83. The molecule has 1 aromatic carbocycles. The van der Waals surface area contributed by atoms with Gasteiger partial charge in [0.15, 0.2) is 0 Å². The molecule has 2 unspecified atom stereocenters. The second-order valence-electron chi connectivity index (χ2n) is 6.74. The van der Waals surface area contributed by atoms with Gasteiger partial charge in [-0.1, -0.05) is 43.2 Å². The van der Waals surface area contributed by atoms with E-state index in [1.54, 1.807) is 0 Å². The first kappa shape index (κ1) is 14.1. The van der Waals surface area contributed by atoms with Crippen LogP contribution in [0.1, 0.15) is 44.1 Å². The van der Waals surface area contributed by atoms with Crippen molar-refractivity contribution in [2.75, 3.05) is 13.1 Å². The van der Waals surface area contributed by atoms with Crippen molar-refractivity contribution in [1.29, 1.82) is 0 Å². The van der Waals surface area contributed by atoms with Crippen LogP contribution in [-0.4, -0.2) is 24.0 Å². The summed E-state index contributed by atoms with van der Waals surface area (Å²) in [6.07, 6.45) is 8.20. The molecule has 2 aliphatic rings. The topological polar surface area (TPSA) is 29.3 Å². The van der Waals surface area contributed by atoms with Gasteiger partial charge < -0.3 is 5.73 Å². The van der Waals surface area contributed by atoms with Crippen LogP contribution in [0.15, 0.2) is 30.3 Å². The lowest BCUT2D eigenvalue weighted by Crippen LogP contribution is -2.46. The zero-order chi connectivity index (χ0) is 13.8. The highest BCUT2D eigenvalue weighted by Gasteiger charge is 2.31. The van der Waals surface area contributed by atoms with E-state index in [2.05, 4.69) is 35.2 Å². The molecular weight excluding hydrogens is 244 g/mol. The van der Waals surface area contributed by atoms with Crippen LogP contribution < -0.4 is 5.73 Å². The van der Waals surface area contributed by atoms with Crippen molar-refractivity contribution >= 4 is 0 Å². The van der Waals surface area contributed by atoms with E-state index in [1.807, 2.05) is 0 Å². The van der Waals surface area contributed by atoms with Gasteiger partial charge in [0.25, 0.3) is 0 Å². The molecular formula is C18H28N2. The second-order valence-corrected chi connectivity index (χ2v) is 6.74. The average Bonchev–Trinajstić information content (AvgIpc) is 3.02. The summed E-state index contributed by atoms with van der Waals surface area (Å²) in [7, 11) is 0. The summed E-state index contributed by atoms with van der Waals surface area (Å²) in [5.41, 5.74) is 8.02. The van der Waals surface area contributed by atoms with Crippen molar-refractivity contribution in [3.05, 3.63) is 35.9 Å². The predicted molar refractivity (Wildman–Crippen MR) is 84.4 cm³/mol. The largest absolute Gasteiger partial charge is 0.327 e. The maximum absolute atomic E-state index is 6.58. The average molecular weight is 272 g/mol. The molecule has 0 bridgehead atoms. The Morgan fingerprint density at radius 1 is 1.00 bits per heavy atom. The molecule has 1 saturated heterocycles. The number of nitrogens with two attached hydrogens (primary N) is 1. The van der Waals surface area contributed by atoms with Crippen LogP contribution in [-0.2, 0) is 6.54 Å². The Bertz CT molecular complexity index is 397. The van der Waals surface area contributed by atoms with E-state index in [0.717, 1.165) is 18.4 Å². The van der Waals surface area contributed by atoms with Gasteiger partial charge in [-0.15, -0.1) is 0 Å². The highest BCUT2D eigenvalue weighted by Crippen LogP contribution is 2.33. The summed E-state index contributed by atoms with van der Waals surface area (Å²) < 4.78 is 0. The monoisotopic (exact) mass is 272 g/mol. The van der Waals surface area contributed by atoms with Crippen LogP contribution in [0.4, 0.5) is 0 Å². The molecule has 2 fully saturated rings. The van der Waals surface area contributed by atoms with Crippen LogP contribution in [0, 0.1) is 11.8 Å². The van der Waals surface area contributed by atoms with Crippen molar-refractivity contribution in [1.82, 2.24) is 4.90 Å². The van der Waals surface area contributed by atoms with E-state index in [-0.39, 0.29) is 0 Å². The maximum atomic E-state index is 6.58. The van der Waals surface area contributed by atoms with Crippen LogP contribution in [0.2, 0.25) is 0 Å². The van der Waals surface area contributed by atoms with Crippen molar-refractivity contribution in [3.8, 4) is 0 Å². The molecule has 2 atom stereocenters. The zero-order valence-electron chi connectivity index (χ0n) is 12.5. The highest BCUT2D eigenvalue weighted by molar-refractivity contribution is 5.14. The minimum atomic E-state index is 0.441. The van der Waals surface area contributed by atoms with Crippen LogP contribution in [0.5, 0.6) is 0 Å². The maximum Gasteiger partial charge on any atom is 0.0233 e. The van der Waals surface area contributed by atoms with Gasteiger partial charge in [-0.3, -0.25) is 4.90 Å². The standard InChI is InChI=1S/C18H28N2/c19-18(16-9-4-5-10-16)17-11-6-12-20(14-17)13-15-7-2-1-3-8-15/h1-3,7-8,16-18H,4-6,9-14,19H2. The van der Waals surface area contributed by atoms with Crippen LogP contribution >= 0.6 is 0 Å². The minimum absolute atomic E-state index is 0.441. The predicted octanol–water partition coefficient (Wildman–Crippen LogP) is 3.42. The van der Waals surface area contributed by atoms with Gasteiger partial charge in [0.05, 0.1) is 0 Å². The van der Waals surface area contributed by atoms with Gasteiger partial charge in [-0.25, -0.2) is 0 Å². The van der Waals surface area contributed by atoms with Gasteiger partial charge in [0, 0.05) is 19.1 Å². The summed E-state index contributed by atoms with van der Waals surface area (Å²) in [4.78, 5) is 2.61. The lowest BCUT2D eigenvalue weighted by molar-refractivity contribution is 0.133. The third-order valence-electron chi connectivity index (χ3n) is 5.28. The van der Waals surface area contributed by atoms with Gasteiger partial charge in [-0.2, -0.15) is 0 Å². The lowest BCUT2D eigenvalue weighted by atomic mass is 9.83. The fraction of sp³-hybridized carbons (Fsp3) is 0.667. The van der Waals surface area contributed by atoms with E-state index in [9.17, 15) is 0 Å². The lowest BCUT2D eigenvalue weighted by Gasteiger charge is -2.37. The third-order valence-corrected chi connectivity index (χ3v) is 5.28. The SMILES string of the molecule is NC(C1CCCC1)C1CCCN(Cc2ccccc2)C1. The summed E-state index contributed by atoms with van der Waals surface area (Å²) in [6, 6.07) is 11.3. The summed E-state index contributed by atoms with van der Waals surface area (Å²) in [5.74, 6) is 1.52. The van der Waals surface area contributed by atoms with Crippen LogP contribution in [0.3, 0.4) is 0 Å². The first-order valence-corrected chi connectivity index (χ1v) is 8.35. The number of hydrogen-bond acceptors (Lipinski definition) is 2. The number of nitrogens with zero attached hydrogens (tertiary/aromatic N) is 1. The Balaban J connectivity index is 1.56. The molecule has 0 aromatic heterocycles. The van der Waals surface area contributed by atoms with Crippen molar-refractivity contribution in [2.24, 2.45) is 17.6 Å². The molecule has 110 valence electrons. The van der Waals surface area contributed by atoms with Gasteiger partial charge >= 0.3 is 0 Å². The van der Waals surface area contributed by atoms with E-state index >= 15 is 0 Å². The van der Waals surface area contributed by atoms with Crippen molar-refractivity contribution in [3.63, 3.8) is 0 Å².